The van der Waals surface area contributed by atoms with Crippen LogP contribution in [-0.4, -0.2) is 42.1 Å². The number of aromatic amines is 1. The van der Waals surface area contributed by atoms with Crippen molar-refractivity contribution < 1.29 is 35.5 Å². The van der Waals surface area contributed by atoms with Crippen molar-refractivity contribution in [1.29, 1.82) is 5.41 Å². The van der Waals surface area contributed by atoms with Crippen molar-refractivity contribution in [2.24, 2.45) is 5.73 Å². The molecule has 39 heavy (non-hydrogen) atoms. The molecule has 1 amide bonds. The third-order valence-corrected chi connectivity index (χ3v) is 7.28. The van der Waals surface area contributed by atoms with Gasteiger partial charge in [-0.05, 0) is 18.2 Å². The van der Waals surface area contributed by atoms with Crippen molar-refractivity contribution in [3.8, 4) is 17.0 Å². The third kappa shape index (κ3) is 5.03. The average Bonchev–Trinajstić information content (AvgIpc) is 3.39. The van der Waals surface area contributed by atoms with Gasteiger partial charge in [0.25, 0.3) is 5.91 Å². The summed E-state index contributed by atoms with van der Waals surface area (Å²) in [5.74, 6) is -7.43. The molecule has 0 spiro atoms. The standard InChI is InChI=1S/C24H18F4N6O4S/c1-38-24-16(6-11(25)7-33-24)39(36,37)9-10-2-5-14(26)17(18(10)27)12-3-4-13(20(29)19(12)28)21(30)23-32-8-15(34-23)22(31)35/h2-8,30H,9,29H2,1H3,(H2,31,35)(H,32,34). The first-order chi connectivity index (χ1) is 18.4. The number of halogens is 4. The maximum absolute atomic E-state index is 15.5. The Morgan fingerprint density at radius 1 is 1.08 bits per heavy atom. The number of hydrogen-bond acceptors (Lipinski definition) is 8. The minimum Gasteiger partial charge on any atom is -0.480 e. The molecular weight excluding hydrogens is 544 g/mol. The number of aromatic nitrogens is 3. The van der Waals surface area contributed by atoms with E-state index in [4.69, 9.17) is 21.6 Å². The Bertz CT molecular complexity index is 1760. The number of nitrogens with one attached hydrogen (secondary N) is 2. The van der Waals surface area contributed by atoms with Gasteiger partial charge >= 0.3 is 0 Å². The summed E-state index contributed by atoms with van der Waals surface area (Å²) in [6.07, 6.45) is 1.79. The number of hydrogen-bond donors (Lipinski definition) is 4. The van der Waals surface area contributed by atoms with Gasteiger partial charge in [0.1, 0.15) is 33.8 Å². The number of sulfone groups is 1. The Balaban J connectivity index is 1.75. The monoisotopic (exact) mass is 562 g/mol. The highest BCUT2D eigenvalue weighted by Gasteiger charge is 2.28. The Morgan fingerprint density at radius 3 is 2.44 bits per heavy atom. The lowest BCUT2D eigenvalue weighted by Crippen LogP contribution is -2.13. The molecule has 2 aromatic heterocycles. The predicted molar refractivity (Wildman–Crippen MR) is 131 cm³/mol. The van der Waals surface area contributed by atoms with E-state index in [1.54, 1.807) is 0 Å². The smallest absolute Gasteiger partial charge is 0.266 e. The number of nitrogens with two attached hydrogens (primary N) is 2. The van der Waals surface area contributed by atoms with E-state index in [1.807, 2.05) is 0 Å². The van der Waals surface area contributed by atoms with Gasteiger partial charge in [0.15, 0.2) is 21.5 Å². The highest BCUT2D eigenvalue weighted by atomic mass is 32.2. The molecule has 0 aliphatic carbocycles. The van der Waals surface area contributed by atoms with Crippen LogP contribution >= 0.6 is 0 Å². The van der Waals surface area contributed by atoms with Gasteiger partial charge in [-0.2, -0.15) is 0 Å². The number of anilines is 1. The zero-order valence-corrected chi connectivity index (χ0v) is 20.7. The van der Waals surface area contributed by atoms with E-state index < -0.39 is 83.6 Å². The first-order valence-electron chi connectivity index (χ1n) is 10.8. The van der Waals surface area contributed by atoms with Crippen LogP contribution in [0.25, 0.3) is 11.1 Å². The topological polar surface area (TPSA) is 178 Å². The molecule has 0 fully saturated rings. The molecule has 0 radical (unpaired) electrons. The van der Waals surface area contributed by atoms with Crippen LogP contribution in [0.1, 0.15) is 27.4 Å². The van der Waals surface area contributed by atoms with E-state index in [9.17, 15) is 22.0 Å². The number of nitrogens with zero attached hydrogens (tertiary/aromatic N) is 2. The highest BCUT2D eigenvalue weighted by molar-refractivity contribution is 7.90. The van der Waals surface area contributed by atoms with Gasteiger partial charge in [0, 0.05) is 16.7 Å². The molecular formula is C24H18F4N6O4S. The van der Waals surface area contributed by atoms with E-state index in [2.05, 4.69) is 15.0 Å². The summed E-state index contributed by atoms with van der Waals surface area (Å²) in [7, 11) is -3.36. The Hall–Kier alpha value is -4.79. The van der Waals surface area contributed by atoms with Crippen LogP contribution in [0.5, 0.6) is 5.88 Å². The highest BCUT2D eigenvalue weighted by Crippen LogP contribution is 2.35. The summed E-state index contributed by atoms with van der Waals surface area (Å²) >= 11 is 0. The second kappa shape index (κ2) is 10.2. The number of carbonyl (C=O) groups excluding carboxylic acids is 1. The van der Waals surface area contributed by atoms with Crippen LogP contribution in [0.3, 0.4) is 0 Å². The maximum atomic E-state index is 15.5. The number of nitrogen functional groups attached to an aromatic ring is 1. The number of primary amides is 1. The van der Waals surface area contributed by atoms with E-state index >= 15 is 8.78 Å². The molecule has 0 atom stereocenters. The zero-order chi connectivity index (χ0) is 28.6. The lowest BCUT2D eigenvalue weighted by Gasteiger charge is -2.14. The second-order valence-electron chi connectivity index (χ2n) is 8.09. The molecule has 0 bridgehead atoms. The van der Waals surface area contributed by atoms with Crippen LogP contribution in [-0.2, 0) is 15.6 Å². The van der Waals surface area contributed by atoms with Gasteiger partial charge in [0.05, 0.1) is 36.5 Å². The molecule has 0 unspecified atom stereocenters. The van der Waals surface area contributed by atoms with Gasteiger partial charge in [-0.15, -0.1) is 0 Å². The van der Waals surface area contributed by atoms with Crippen molar-refractivity contribution in [1.82, 2.24) is 15.0 Å². The molecule has 6 N–H and O–H groups in total. The lowest BCUT2D eigenvalue weighted by atomic mass is 9.97. The van der Waals surface area contributed by atoms with Crippen molar-refractivity contribution >= 4 is 27.1 Å². The largest absolute Gasteiger partial charge is 0.480 e. The molecule has 10 nitrogen and oxygen atoms in total. The fourth-order valence-electron chi connectivity index (χ4n) is 3.73. The predicted octanol–water partition coefficient (Wildman–Crippen LogP) is 3.11. The number of carbonyl (C=O) groups is 1. The van der Waals surface area contributed by atoms with Gasteiger partial charge in [-0.3, -0.25) is 10.2 Å². The van der Waals surface area contributed by atoms with Crippen LogP contribution < -0.4 is 16.2 Å². The van der Waals surface area contributed by atoms with Gasteiger partial charge in [0.2, 0.25) is 5.88 Å². The first-order valence-corrected chi connectivity index (χ1v) is 12.4. The molecule has 4 rings (SSSR count). The molecule has 0 aliphatic heterocycles. The quantitative estimate of drug-likeness (QED) is 0.145. The number of imidazole rings is 1. The number of pyridine rings is 1. The van der Waals surface area contributed by atoms with Gasteiger partial charge in [-0.25, -0.2) is 35.9 Å². The summed E-state index contributed by atoms with van der Waals surface area (Å²) in [5, 5.41) is 8.24. The fraction of sp³-hybridized carbons (Fsp3) is 0.0833. The van der Waals surface area contributed by atoms with Crippen molar-refractivity contribution in [2.45, 2.75) is 10.6 Å². The Labute approximate surface area is 218 Å². The van der Waals surface area contributed by atoms with E-state index in [0.29, 0.717) is 6.07 Å². The summed E-state index contributed by atoms with van der Waals surface area (Å²) < 4.78 is 90.0. The molecule has 2 aromatic carbocycles. The summed E-state index contributed by atoms with van der Waals surface area (Å²) in [6.45, 7) is 0. The van der Waals surface area contributed by atoms with Crippen LogP contribution in [0, 0.1) is 28.7 Å². The number of H-pyrrole nitrogens is 1. The number of amides is 1. The van der Waals surface area contributed by atoms with Crippen LogP contribution in [0.4, 0.5) is 23.2 Å². The second-order valence-corrected chi connectivity index (χ2v) is 10.0. The molecule has 2 heterocycles. The normalized spacial score (nSPS) is 11.4. The Morgan fingerprint density at radius 2 is 1.79 bits per heavy atom. The van der Waals surface area contributed by atoms with Crippen molar-refractivity contribution in [2.75, 3.05) is 12.8 Å². The molecule has 0 aliphatic rings. The van der Waals surface area contributed by atoms with Crippen LogP contribution in [0.15, 0.2) is 47.6 Å². The van der Waals surface area contributed by atoms with Crippen molar-refractivity contribution in [3.05, 3.63) is 88.6 Å². The molecule has 202 valence electrons. The van der Waals surface area contributed by atoms with Gasteiger partial charge in [-0.1, -0.05) is 12.1 Å². The number of ether oxygens (including phenoxy) is 1. The lowest BCUT2D eigenvalue weighted by molar-refractivity contribution is 0.0996. The van der Waals surface area contributed by atoms with Crippen LogP contribution in [0.2, 0.25) is 0 Å². The van der Waals surface area contributed by atoms with Crippen molar-refractivity contribution in [3.63, 3.8) is 0 Å². The molecule has 4 aromatic rings. The number of rotatable bonds is 8. The zero-order valence-electron chi connectivity index (χ0n) is 19.9. The van der Waals surface area contributed by atoms with E-state index in [-0.39, 0.29) is 17.1 Å². The first kappa shape index (κ1) is 27.3. The van der Waals surface area contributed by atoms with E-state index in [0.717, 1.165) is 43.8 Å². The maximum Gasteiger partial charge on any atom is 0.266 e. The van der Waals surface area contributed by atoms with E-state index in [1.165, 1.54) is 0 Å². The number of benzene rings is 2. The molecule has 15 heteroatoms. The summed E-state index contributed by atoms with van der Waals surface area (Å²) in [5.41, 5.74) is 7.42. The third-order valence-electron chi connectivity index (χ3n) is 5.63. The molecule has 0 saturated heterocycles. The number of methoxy groups -OCH3 is 1. The minimum atomic E-state index is -4.46. The minimum absolute atomic E-state index is 0.118. The summed E-state index contributed by atoms with van der Waals surface area (Å²) in [4.78, 5) is 20.4. The average molecular weight is 563 g/mol. The SMILES string of the molecule is COc1ncc(F)cc1S(=O)(=O)Cc1ccc(F)c(-c2ccc(C(=N)c3ncc(C(N)=O)[nH]3)c(N)c2F)c1F. The Kier molecular flexibility index (Phi) is 7.10. The molecule has 0 saturated carbocycles. The van der Waals surface area contributed by atoms with Gasteiger partial charge < -0.3 is 21.2 Å². The summed E-state index contributed by atoms with van der Waals surface area (Å²) in [6, 6.07) is 4.29. The fourth-order valence-corrected chi connectivity index (χ4v) is 5.21.